The summed E-state index contributed by atoms with van der Waals surface area (Å²) in [6.07, 6.45) is 3.10. The second kappa shape index (κ2) is 8.58. The number of amides is 1. The molecule has 1 amide bonds. The lowest BCUT2D eigenvalue weighted by atomic mass is 9.98. The molecular weight excluding hydrogens is 314 g/mol. The predicted octanol–water partition coefficient (Wildman–Crippen LogP) is 2.94. The summed E-state index contributed by atoms with van der Waals surface area (Å²) in [7, 11) is 3.92. The highest BCUT2D eigenvalue weighted by molar-refractivity contribution is 5.92. The van der Waals surface area contributed by atoms with E-state index >= 15 is 0 Å². The third-order valence-corrected chi connectivity index (χ3v) is 3.91. The summed E-state index contributed by atoms with van der Waals surface area (Å²) in [6.45, 7) is 7.74. The minimum Gasteiger partial charge on any atom is -0.349 e. The predicted molar refractivity (Wildman–Crippen MR) is 101 cm³/mol. The van der Waals surface area contributed by atoms with E-state index in [4.69, 9.17) is 0 Å². The molecule has 1 aromatic carbocycles. The minimum absolute atomic E-state index is 0.209. The molecule has 0 aliphatic carbocycles. The van der Waals surface area contributed by atoms with E-state index in [1.807, 2.05) is 19.0 Å². The van der Waals surface area contributed by atoms with Gasteiger partial charge in [0.1, 0.15) is 11.5 Å². The largest absolute Gasteiger partial charge is 0.349 e. The minimum atomic E-state index is -0.209. The molecule has 0 aliphatic heterocycles. The fourth-order valence-corrected chi connectivity index (χ4v) is 2.46. The summed E-state index contributed by atoms with van der Waals surface area (Å²) in [5, 5.41) is 6.16. The summed E-state index contributed by atoms with van der Waals surface area (Å²) < 4.78 is 0. The maximum atomic E-state index is 12.0. The number of anilines is 2. The second-order valence-electron chi connectivity index (χ2n) is 6.66. The number of hydrogen-bond acceptors (Lipinski definition) is 5. The Hall–Kier alpha value is -2.47. The first-order chi connectivity index (χ1) is 11.9. The molecule has 134 valence electrons. The van der Waals surface area contributed by atoms with Gasteiger partial charge in [-0.25, -0.2) is 9.97 Å². The molecule has 2 rings (SSSR count). The van der Waals surface area contributed by atoms with Crippen LogP contribution in [0.1, 0.15) is 41.4 Å². The molecule has 1 heterocycles. The smallest absolute Gasteiger partial charge is 0.271 e. The van der Waals surface area contributed by atoms with Crippen LogP contribution in [0.4, 0.5) is 11.5 Å². The van der Waals surface area contributed by atoms with Gasteiger partial charge < -0.3 is 15.5 Å². The van der Waals surface area contributed by atoms with Crippen LogP contribution in [-0.2, 0) is 0 Å². The van der Waals surface area contributed by atoms with Gasteiger partial charge in [-0.15, -0.1) is 0 Å². The van der Waals surface area contributed by atoms with Crippen molar-refractivity contribution in [3.63, 3.8) is 0 Å². The number of rotatable bonds is 7. The van der Waals surface area contributed by atoms with E-state index in [-0.39, 0.29) is 5.91 Å². The van der Waals surface area contributed by atoms with Gasteiger partial charge in [0.15, 0.2) is 0 Å². The molecule has 0 radical (unpaired) electrons. The molecule has 0 saturated heterocycles. The monoisotopic (exact) mass is 341 g/mol. The Morgan fingerprint density at radius 3 is 2.56 bits per heavy atom. The third-order valence-electron chi connectivity index (χ3n) is 3.91. The Bertz CT molecular complexity index is 710. The highest BCUT2D eigenvalue weighted by atomic mass is 16.1. The molecule has 0 aliphatic rings. The highest BCUT2D eigenvalue weighted by Gasteiger charge is 2.11. The van der Waals surface area contributed by atoms with Crippen LogP contribution in [0.3, 0.4) is 0 Å². The zero-order valence-electron chi connectivity index (χ0n) is 15.6. The summed E-state index contributed by atoms with van der Waals surface area (Å²) >= 11 is 0. The fourth-order valence-electron chi connectivity index (χ4n) is 2.46. The van der Waals surface area contributed by atoms with Crippen molar-refractivity contribution in [1.29, 1.82) is 0 Å². The van der Waals surface area contributed by atoms with Gasteiger partial charge in [0.05, 0.1) is 12.4 Å². The Morgan fingerprint density at radius 2 is 1.96 bits per heavy atom. The van der Waals surface area contributed by atoms with Gasteiger partial charge >= 0.3 is 0 Å². The molecule has 0 bridgehead atoms. The summed E-state index contributed by atoms with van der Waals surface area (Å²) in [6, 6.07) is 6.23. The van der Waals surface area contributed by atoms with E-state index < -0.39 is 0 Å². The number of para-hydroxylation sites is 1. The molecule has 0 unspecified atom stereocenters. The number of benzene rings is 1. The van der Waals surface area contributed by atoms with Gasteiger partial charge in [0.25, 0.3) is 5.91 Å². The van der Waals surface area contributed by atoms with Crippen molar-refractivity contribution in [3.8, 4) is 0 Å². The Labute approximate surface area is 149 Å². The van der Waals surface area contributed by atoms with Crippen LogP contribution in [0.2, 0.25) is 0 Å². The molecule has 0 atom stereocenters. The first-order valence-electron chi connectivity index (χ1n) is 8.50. The number of carbonyl (C=O) groups excluding carboxylic acids is 1. The first kappa shape index (κ1) is 18.9. The van der Waals surface area contributed by atoms with Crippen molar-refractivity contribution in [2.45, 2.75) is 26.7 Å². The summed E-state index contributed by atoms with van der Waals surface area (Å²) in [5.74, 6) is 0.817. The van der Waals surface area contributed by atoms with Crippen LogP contribution < -0.4 is 10.6 Å². The molecule has 1 aromatic heterocycles. The molecule has 25 heavy (non-hydrogen) atoms. The van der Waals surface area contributed by atoms with Crippen LogP contribution in [0.25, 0.3) is 0 Å². The van der Waals surface area contributed by atoms with E-state index in [2.05, 4.69) is 59.6 Å². The average molecular weight is 341 g/mol. The van der Waals surface area contributed by atoms with Gasteiger partial charge in [0.2, 0.25) is 0 Å². The van der Waals surface area contributed by atoms with Crippen LogP contribution in [0.5, 0.6) is 0 Å². The number of aryl methyl sites for hydroxylation is 1. The van der Waals surface area contributed by atoms with E-state index in [1.165, 1.54) is 11.8 Å². The van der Waals surface area contributed by atoms with Gasteiger partial charge in [-0.3, -0.25) is 4.79 Å². The molecule has 6 nitrogen and oxygen atoms in total. The molecule has 0 fully saturated rings. The number of aromatic nitrogens is 2. The molecule has 2 N–H and O–H groups in total. The Kier molecular flexibility index (Phi) is 6.47. The third kappa shape index (κ3) is 5.26. The zero-order chi connectivity index (χ0) is 18.4. The quantitative estimate of drug-likeness (QED) is 0.810. The zero-order valence-corrected chi connectivity index (χ0v) is 15.6. The van der Waals surface area contributed by atoms with E-state index in [9.17, 15) is 4.79 Å². The van der Waals surface area contributed by atoms with Crippen molar-refractivity contribution in [2.24, 2.45) is 0 Å². The number of nitrogens with zero attached hydrogens (tertiary/aromatic N) is 3. The molecule has 0 spiro atoms. The van der Waals surface area contributed by atoms with Crippen molar-refractivity contribution in [2.75, 3.05) is 32.5 Å². The normalized spacial score (nSPS) is 11.0. The number of nitrogens with one attached hydrogen (secondary N) is 2. The van der Waals surface area contributed by atoms with Gasteiger partial charge in [-0.05, 0) is 38.1 Å². The molecular formula is C19H27N5O. The fraction of sp³-hybridized carbons (Fsp3) is 0.421. The summed E-state index contributed by atoms with van der Waals surface area (Å²) in [4.78, 5) is 22.6. The van der Waals surface area contributed by atoms with Crippen molar-refractivity contribution in [1.82, 2.24) is 20.2 Å². The standard InChI is InChI=1S/C19H27N5O/c1-13(2)15-8-6-7-14(3)18(15)23-17-12-21-16(11-22-17)19(25)20-9-10-24(4)5/h6-8,11-13H,9-10H2,1-5H3,(H,20,25)(H,22,23). The molecule has 0 saturated carbocycles. The lowest BCUT2D eigenvalue weighted by Crippen LogP contribution is -2.31. The van der Waals surface area contributed by atoms with Gasteiger partial charge in [-0.2, -0.15) is 0 Å². The number of carbonyl (C=O) groups is 1. The van der Waals surface area contributed by atoms with E-state index in [1.54, 1.807) is 6.20 Å². The SMILES string of the molecule is Cc1cccc(C(C)C)c1Nc1cnc(C(=O)NCCN(C)C)cn1. The highest BCUT2D eigenvalue weighted by Crippen LogP contribution is 2.29. The average Bonchev–Trinajstić information content (AvgIpc) is 2.56. The van der Waals surface area contributed by atoms with Crippen molar-refractivity contribution >= 4 is 17.4 Å². The van der Waals surface area contributed by atoms with E-state index in [0.717, 1.165) is 17.8 Å². The summed E-state index contributed by atoms with van der Waals surface area (Å²) in [5.41, 5.74) is 3.75. The number of hydrogen-bond donors (Lipinski definition) is 2. The second-order valence-corrected chi connectivity index (χ2v) is 6.66. The lowest BCUT2D eigenvalue weighted by Gasteiger charge is -2.16. The molecule has 6 heteroatoms. The van der Waals surface area contributed by atoms with Crippen LogP contribution in [0, 0.1) is 6.92 Å². The van der Waals surface area contributed by atoms with Gasteiger partial charge in [0, 0.05) is 18.8 Å². The van der Waals surface area contributed by atoms with Gasteiger partial charge in [-0.1, -0.05) is 32.0 Å². The van der Waals surface area contributed by atoms with Crippen LogP contribution >= 0.6 is 0 Å². The Morgan fingerprint density at radius 1 is 1.20 bits per heavy atom. The lowest BCUT2D eigenvalue weighted by molar-refractivity contribution is 0.0945. The molecule has 2 aromatic rings. The van der Waals surface area contributed by atoms with Crippen molar-refractivity contribution in [3.05, 3.63) is 47.4 Å². The number of likely N-dealkylation sites (N-methyl/N-ethyl adjacent to an activating group) is 1. The maximum absolute atomic E-state index is 12.0. The topological polar surface area (TPSA) is 70.2 Å². The van der Waals surface area contributed by atoms with Crippen molar-refractivity contribution < 1.29 is 4.79 Å². The van der Waals surface area contributed by atoms with Crippen LogP contribution in [0.15, 0.2) is 30.6 Å². The first-order valence-corrected chi connectivity index (χ1v) is 8.50. The van der Waals surface area contributed by atoms with E-state index in [0.29, 0.717) is 24.0 Å². The van der Waals surface area contributed by atoms with Crippen LogP contribution in [-0.4, -0.2) is 48.0 Å². The maximum Gasteiger partial charge on any atom is 0.271 e. The Balaban J connectivity index is 2.07.